The first kappa shape index (κ1) is 24.1. The topological polar surface area (TPSA) is 42.0 Å². The Morgan fingerprint density at radius 3 is 2.53 bits per heavy atom. The predicted octanol–water partition coefficient (Wildman–Crippen LogP) is 4.07. The van der Waals surface area contributed by atoms with Crippen LogP contribution in [0.4, 0.5) is 8.78 Å². The molecule has 1 fully saturated rings. The zero-order chi connectivity index (χ0) is 23.3. The molecule has 0 aromatic heterocycles. The molecule has 2 aromatic carbocycles. The minimum absolute atomic E-state index is 0.0382. The van der Waals surface area contributed by atoms with Gasteiger partial charge in [0.1, 0.15) is 12.4 Å². The van der Waals surface area contributed by atoms with Gasteiger partial charge in [-0.3, -0.25) is 9.69 Å². The Balaban J connectivity index is 1.86. The Labute approximate surface area is 188 Å². The maximum atomic E-state index is 13.7. The zero-order valence-corrected chi connectivity index (χ0v) is 19.2. The second kappa shape index (κ2) is 10.9. The molecule has 1 amide bonds. The van der Waals surface area contributed by atoms with Gasteiger partial charge in [-0.2, -0.15) is 0 Å². The van der Waals surface area contributed by atoms with Crippen LogP contribution in [0.1, 0.15) is 30.9 Å². The number of methoxy groups -OCH3 is 2. The second-order valence-electron chi connectivity index (χ2n) is 8.62. The summed E-state index contributed by atoms with van der Waals surface area (Å²) in [5.41, 5.74) is 1.81. The molecule has 7 heteroatoms. The highest BCUT2D eigenvalue weighted by Crippen LogP contribution is 2.38. The molecule has 32 heavy (non-hydrogen) atoms. The normalized spacial score (nSPS) is 18.8. The van der Waals surface area contributed by atoms with E-state index in [1.165, 1.54) is 19.2 Å². The molecule has 0 bridgehead atoms. The van der Waals surface area contributed by atoms with E-state index in [1.807, 2.05) is 36.9 Å². The van der Waals surface area contributed by atoms with E-state index in [0.717, 1.165) is 30.0 Å². The van der Waals surface area contributed by atoms with Crippen LogP contribution < -0.4 is 4.74 Å². The molecular weight excluding hydrogens is 414 g/mol. The van der Waals surface area contributed by atoms with Crippen molar-refractivity contribution in [3.05, 3.63) is 65.2 Å². The summed E-state index contributed by atoms with van der Waals surface area (Å²) in [4.78, 5) is 16.8. The molecule has 1 heterocycles. The zero-order valence-electron chi connectivity index (χ0n) is 19.2. The predicted molar refractivity (Wildman–Crippen MR) is 120 cm³/mol. The number of ether oxygens (including phenoxy) is 2. The standard InChI is InChI=1S/C25H32F2N2O3/c1-17(2)29(25(30)16-31-3)14-19-13-28(12-18-9-10-22(26)23(27)11-18)15-21(19)20-7-5-6-8-24(20)32-4/h5-11,17,19,21H,12-16H2,1-4H3. The van der Waals surface area contributed by atoms with Crippen molar-refractivity contribution in [2.75, 3.05) is 40.5 Å². The molecule has 2 atom stereocenters. The lowest BCUT2D eigenvalue weighted by molar-refractivity contribution is -0.137. The first-order chi connectivity index (χ1) is 15.3. The Morgan fingerprint density at radius 2 is 1.88 bits per heavy atom. The highest BCUT2D eigenvalue weighted by molar-refractivity contribution is 5.77. The average Bonchev–Trinajstić information content (AvgIpc) is 3.16. The van der Waals surface area contributed by atoms with Crippen LogP contribution in [0.3, 0.4) is 0 Å². The summed E-state index contributed by atoms with van der Waals surface area (Å²) >= 11 is 0. The van der Waals surface area contributed by atoms with Crippen molar-refractivity contribution in [2.24, 2.45) is 5.92 Å². The SMILES string of the molecule is COCC(=O)N(CC1CN(Cc2ccc(F)c(F)c2)CC1c1ccccc1OC)C(C)C. The number of hydrogen-bond acceptors (Lipinski definition) is 4. The van der Waals surface area contributed by atoms with Crippen LogP contribution in [-0.4, -0.2) is 62.2 Å². The van der Waals surface area contributed by atoms with Crippen LogP contribution in [0.25, 0.3) is 0 Å². The van der Waals surface area contributed by atoms with Gasteiger partial charge in [-0.05, 0) is 49.1 Å². The van der Waals surface area contributed by atoms with Crippen LogP contribution >= 0.6 is 0 Å². The van der Waals surface area contributed by atoms with Crippen LogP contribution in [-0.2, 0) is 16.1 Å². The number of likely N-dealkylation sites (tertiary alicyclic amines) is 1. The number of nitrogens with zero attached hydrogens (tertiary/aromatic N) is 2. The van der Waals surface area contributed by atoms with Crippen molar-refractivity contribution in [3.8, 4) is 5.75 Å². The van der Waals surface area contributed by atoms with Gasteiger partial charge in [-0.15, -0.1) is 0 Å². The lowest BCUT2D eigenvalue weighted by Crippen LogP contribution is -2.43. The van der Waals surface area contributed by atoms with Crippen molar-refractivity contribution in [2.45, 2.75) is 32.4 Å². The molecule has 174 valence electrons. The summed E-state index contributed by atoms with van der Waals surface area (Å²) in [7, 11) is 3.18. The minimum atomic E-state index is -0.843. The van der Waals surface area contributed by atoms with E-state index in [4.69, 9.17) is 9.47 Å². The molecular formula is C25H32F2N2O3. The third-order valence-corrected chi connectivity index (χ3v) is 6.09. The molecule has 1 aliphatic rings. The van der Waals surface area contributed by atoms with Gasteiger partial charge < -0.3 is 14.4 Å². The summed E-state index contributed by atoms with van der Waals surface area (Å²) in [6.45, 7) is 6.59. The van der Waals surface area contributed by atoms with Gasteiger partial charge in [0.2, 0.25) is 5.91 Å². The highest BCUT2D eigenvalue weighted by atomic mass is 19.2. The molecule has 3 rings (SSSR count). The average molecular weight is 447 g/mol. The first-order valence-corrected chi connectivity index (χ1v) is 10.9. The van der Waals surface area contributed by atoms with Gasteiger partial charge in [0.25, 0.3) is 0 Å². The van der Waals surface area contributed by atoms with Gasteiger partial charge in [0.15, 0.2) is 11.6 Å². The van der Waals surface area contributed by atoms with Gasteiger partial charge in [0, 0.05) is 45.2 Å². The molecule has 2 unspecified atom stereocenters. The van der Waals surface area contributed by atoms with Crippen LogP contribution in [0.5, 0.6) is 5.75 Å². The van der Waals surface area contributed by atoms with Gasteiger partial charge in [-0.25, -0.2) is 8.78 Å². The van der Waals surface area contributed by atoms with Crippen molar-refractivity contribution >= 4 is 5.91 Å². The fourth-order valence-electron chi connectivity index (χ4n) is 4.56. The highest BCUT2D eigenvalue weighted by Gasteiger charge is 2.37. The molecule has 0 aliphatic carbocycles. The van der Waals surface area contributed by atoms with E-state index in [0.29, 0.717) is 13.1 Å². The summed E-state index contributed by atoms with van der Waals surface area (Å²) in [6.07, 6.45) is 0. The Kier molecular flexibility index (Phi) is 8.21. The van der Waals surface area contributed by atoms with E-state index in [1.54, 1.807) is 13.2 Å². The maximum absolute atomic E-state index is 13.7. The summed E-state index contributed by atoms with van der Waals surface area (Å²) < 4.78 is 37.8. The Bertz CT molecular complexity index is 922. The number of rotatable bonds is 9. The molecule has 0 saturated carbocycles. The van der Waals surface area contributed by atoms with Crippen molar-refractivity contribution in [1.82, 2.24) is 9.80 Å². The lowest BCUT2D eigenvalue weighted by Gasteiger charge is -2.31. The number of carbonyl (C=O) groups is 1. The van der Waals surface area contributed by atoms with E-state index >= 15 is 0 Å². The monoisotopic (exact) mass is 446 g/mol. The van der Waals surface area contributed by atoms with Crippen molar-refractivity contribution in [1.29, 1.82) is 0 Å². The van der Waals surface area contributed by atoms with E-state index in [2.05, 4.69) is 11.0 Å². The number of hydrogen-bond donors (Lipinski definition) is 0. The number of amides is 1. The van der Waals surface area contributed by atoms with Gasteiger partial charge in [-0.1, -0.05) is 24.3 Å². The van der Waals surface area contributed by atoms with Crippen LogP contribution in [0.15, 0.2) is 42.5 Å². The number of benzene rings is 2. The van der Waals surface area contributed by atoms with Crippen molar-refractivity contribution in [3.63, 3.8) is 0 Å². The fourth-order valence-corrected chi connectivity index (χ4v) is 4.56. The summed E-state index contributed by atoms with van der Waals surface area (Å²) in [5.74, 6) is -0.621. The molecule has 5 nitrogen and oxygen atoms in total. The third-order valence-electron chi connectivity index (χ3n) is 6.09. The molecule has 0 spiro atoms. The van der Waals surface area contributed by atoms with E-state index in [-0.39, 0.29) is 30.4 Å². The van der Waals surface area contributed by atoms with Crippen LogP contribution in [0, 0.1) is 17.6 Å². The number of para-hydroxylation sites is 1. The summed E-state index contributed by atoms with van der Waals surface area (Å²) in [5, 5.41) is 0. The maximum Gasteiger partial charge on any atom is 0.248 e. The number of halogens is 2. The van der Waals surface area contributed by atoms with Crippen molar-refractivity contribution < 1.29 is 23.0 Å². The largest absolute Gasteiger partial charge is 0.496 e. The lowest BCUT2D eigenvalue weighted by atomic mass is 9.87. The number of carbonyl (C=O) groups excluding carboxylic acids is 1. The fraction of sp³-hybridized carbons (Fsp3) is 0.480. The van der Waals surface area contributed by atoms with Gasteiger partial charge in [0.05, 0.1) is 7.11 Å². The first-order valence-electron chi connectivity index (χ1n) is 10.9. The molecule has 1 aliphatic heterocycles. The smallest absolute Gasteiger partial charge is 0.248 e. The van der Waals surface area contributed by atoms with E-state index < -0.39 is 11.6 Å². The quantitative estimate of drug-likeness (QED) is 0.582. The van der Waals surface area contributed by atoms with Crippen LogP contribution in [0.2, 0.25) is 0 Å². The molecule has 2 aromatic rings. The Hall–Kier alpha value is -2.51. The Morgan fingerprint density at radius 1 is 1.12 bits per heavy atom. The minimum Gasteiger partial charge on any atom is -0.496 e. The molecule has 0 N–H and O–H groups in total. The van der Waals surface area contributed by atoms with Gasteiger partial charge >= 0.3 is 0 Å². The third kappa shape index (κ3) is 5.64. The second-order valence-corrected chi connectivity index (χ2v) is 8.62. The molecule has 0 radical (unpaired) electrons. The van der Waals surface area contributed by atoms with E-state index in [9.17, 15) is 13.6 Å². The molecule has 1 saturated heterocycles. The summed E-state index contributed by atoms with van der Waals surface area (Å²) in [6, 6.07) is 12.0.